The number of aliphatic hydroxyl groups excluding tert-OH is 1. The summed E-state index contributed by atoms with van der Waals surface area (Å²) in [4.78, 5) is 9.69. The van der Waals surface area contributed by atoms with E-state index in [1.54, 1.807) is 0 Å². The second kappa shape index (κ2) is 5.58. The minimum atomic E-state index is -0.157. The van der Waals surface area contributed by atoms with E-state index in [1.165, 1.54) is 0 Å². The number of nitrogens with one attached hydrogen (secondary N) is 1. The number of imidazole rings is 1. The molecule has 1 aromatic heterocycles. The maximum absolute atomic E-state index is 10.5. The third-order valence-corrected chi connectivity index (χ3v) is 4.08. The first kappa shape index (κ1) is 13.7. The third kappa shape index (κ3) is 2.50. The average Bonchev–Trinajstić information content (AvgIpc) is 3.16. The van der Waals surface area contributed by atoms with Crippen LogP contribution >= 0.6 is 0 Å². The van der Waals surface area contributed by atoms with Crippen LogP contribution in [-0.2, 0) is 0 Å². The summed E-state index contributed by atoms with van der Waals surface area (Å²) >= 11 is 0. The Morgan fingerprint density at radius 1 is 1.38 bits per heavy atom. The molecular weight excluding hydrogens is 264 g/mol. The van der Waals surface area contributed by atoms with Crippen LogP contribution in [0.5, 0.6) is 0 Å². The smallest absolute Gasteiger partial charge is 0.152 e. The van der Waals surface area contributed by atoms with Crippen molar-refractivity contribution in [3.63, 3.8) is 0 Å². The first-order valence-corrected chi connectivity index (χ1v) is 7.23. The summed E-state index contributed by atoms with van der Waals surface area (Å²) in [6.07, 6.45) is 2.29. The maximum Gasteiger partial charge on any atom is 0.152 e. The first-order chi connectivity index (χ1) is 10.2. The summed E-state index contributed by atoms with van der Waals surface area (Å²) in [6, 6.07) is 9.53. The molecule has 0 amide bonds. The number of nitriles is 1. The van der Waals surface area contributed by atoms with Crippen LogP contribution in [0.25, 0.3) is 16.6 Å². The molecule has 21 heavy (non-hydrogen) atoms. The quantitative estimate of drug-likeness (QED) is 0.670. The number of fused-ring (bicyclic) bond motifs is 1. The van der Waals surface area contributed by atoms with Gasteiger partial charge in [0.05, 0.1) is 17.1 Å². The predicted octanol–water partition coefficient (Wildman–Crippen LogP) is 2.84. The van der Waals surface area contributed by atoms with E-state index >= 15 is 0 Å². The Balaban J connectivity index is 1.99. The zero-order valence-electron chi connectivity index (χ0n) is 12.0. The molecule has 0 bridgehead atoms. The number of aromatic nitrogens is 2. The Hall–Kier alpha value is -2.32. The van der Waals surface area contributed by atoms with Gasteiger partial charge in [0, 0.05) is 0 Å². The van der Waals surface area contributed by atoms with E-state index in [4.69, 9.17) is 0 Å². The molecule has 2 N–H and O–H groups in total. The van der Waals surface area contributed by atoms with Crippen LogP contribution in [-0.4, -0.2) is 39.1 Å². The van der Waals surface area contributed by atoms with Gasteiger partial charge >= 0.3 is 0 Å². The van der Waals surface area contributed by atoms with E-state index in [0.717, 1.165) is 37.0 Å². The van der Waals surface area contributed by atoms with Crippen LogP contribution in [0.15, 0.2) is 30.0 Å². The van der Waals surface area contributed by atoms with Gasteiger partial charge in [0.15, 0.2) is 5.82 Å². The Labute approximate surface area is 123 Å². The van der Waals surface area contributed by atoms with E-state index in [2.05, 4.69) is 20.9 Å². The van der Waals surface area contributed by atoms with E-state index in [1.807, 2.05) is 31.2 Å². The maximum atomic E-state index is 10.5. The van der Waals surface area contributed by atoms with Gasteiger partial charge in [0.1, 0.15) is 17.4 Å². The van der Waals surface area contributed by atoms with Gasteiger partial charge in [-0.2, -0.15) is 5.26 Å². The molecule has 2 heterocycles. The number of aromatic amines is 1. The molecule has 5 nitrogen and oxygen atoms in total. The van der Waals surface area contributed by atoms with Crippen molar-refractivity contribution in [2.75, 3.05) is 13.1 Å². The van der Waals surface area contributed by atoms with Crippen LogP contribution < -0.4 is 0 Å². The van der Waals surface area contributed by atoms with E-state index in [-0.39, 0.29) is 17.4 Å². The Morgan fingerprint density at radius 3 is 2.76 bits per heavy atom. The van der Waals surface area contributed by atoms with E-state index < -0.39 is 0 Å². The van der Waals surface area contributed by atoms with Gasteiger partial charge in [-0.1, -0.05) is 12.1 Å². The Bertz CT molecular complexity index is 686. The zero-order valence-corrected chi connectivity index (χ0v) is 12.0. The van der Waals surface area contributed by atoms with Crippen molar-refractivity contribution in [2.24, 2.45) is 0 Å². The fourth-order valence-corrected chi connectivity index (χ4v) is 2.81. The van der Waals surface area contributed by atoms with Crippen LogP contribution in [0.3, 0.4) is 0 Å². The highest BCUT2D eigenvalue weighted by molar-refractivity contribution is 5.82. The number of nitrogens with zero attached hydrogens (tertiary/aromatic N) is 3. The van der Waals surface area contributed by atoms with E-state index in [0.29, 0.717) is 5.82 Å². The van der Waals surface area contributed by atoms with E-state index in [9.17, 15) is 10.4 Å². The number of para-hydroxylation sites is 2. The van der Waals surface area contributed by atoms with Crippen LogP contribution in [0.1, 0.15) is 25.6 Å². The molecule has 1 aromatic carbocycles. The summed E-state index contributed by atoms with van der Waals surface area (Å²) in [5.41, 5.74) is 1.88. The summed E-state index contributed by atoms with van der Waals surface area (Å²) in [5.74, 6) is 0.528. The molecule has 1 fully saturated rings. The minimum absolute atomic E-state index is 0.0958. The van der Waals surface area contributed by atoms with Gasteiger partial charge in [-0.3, -0.25) is 4.90 Å². The van der Waals surface area contributed by atoms with Gasteiger partial charge < -0.3 is 10.1 Å². The number of hydrogen-bond donors (Lipinski definition) is 2. The van der Waals surface area contributed by atoms with Crippen molar-refractivity contribution in [1.29, 1.82) is 5.26 Å². The predicted molar refractivity (Wildman–Crippen MR) is 81.5 cm³/mol. The number of H-pyrrole nitrogens is 1. The lowest BCUT2D eigenvalue weighted by Crippen LogP contribution is -2.32. The minimum Gasteiger partial charge on any atom is -0.509 e. The topological polar surface area (TPSA) is 75.9 Å². The standard InChI is InChI=1S/C16H18N4O/c1-11(20-8-4-5-9-20)15(21)12(10-17)16-18-13-6-2-3-7-14(13)19-16/h2-3,6-7,11,21H,4-5,8-9H2,1H3,(H,18,19)/b15-12-/t11-/m0/s1. The lowest BCUT2D eigenvalue weighted by molar-refractivity contribution is 0.224. The van der Waals surface area contributed by atoms with Gasteiger partial charge in [0.25, 0.3) is 0 Å². The van der Waals surface area contributed by atoms with Crippen LogP contribution in [0.2, 0.25) is 0 Å². The molecule has 1 aliphatic rings. The molecule has 0 aliphatic carbocycles. The highest BCUT2D eigenvalue weighted by Gasteiger charge is 2.25. The second-order valence-electron chi connectivity index (χ2n) is 5.39. The number of hydrogen-bond acceptors (Lipinski definition) is 4. The molecule has 3 rings (SSSR count). The van der Waals surface area contributed by atoms with Crippen molar-refractivity contribution >= 4 is 16.6 Å². The SMILES string of the molecule is C[C@@H](/C(O)=C(\C#N)c1nc2ccccc2[nH]1)N1CCCC1. The fraction of sp³-hybridized carbons (Fsp3) is 0.375. The van der Waals surface area contributed by atoms with Crippen molar-refractivity contribution in [1.82, 2.24) is 14.9 Å². The lowest BCUT2D eigenvalue weighted by Gasteiger charge is -2.23. The number of aliphatic hydroxyl groups is 1. The Morgan fingerprint density at radius 2 is 2.10 bits per heavy atom. The molecule has 0 unspecified atom stereocenters. The fourth-order valence-electron chi connectivity index (χ4n) is 2.81. The van der Waals surface area contributed by atoms with Crippen molar-refractivity contribution in [2.45, 2.75) is 25.8 Å². The molecule has 1 saturated heterocycles. The first-order valence-electron chi connectivity index (χ1n) is 7.23. The molecule has 1 aliphatic heterocycles. The number of allylic oxidation sites excluding steroid dienone is 1. The second-order valence-corrected chi connectivity index (χ2v) is 5.39. The normalized spacial score (nSPS) is 18.5. The zero-order chi connectivity index (χ0) is 14.8. The summed E-state index contributed by atoms with van der Waals surface area (Å²) in [5, 5.41) is 19.9. The van der Waals surface area contributed by atoms with Crippen LogP contribution in [0.4, 0.5) is 0 Å². The summed E-state index contributed by atoms with van der Waals surface area (Å²) in [7, 11) is 0. The van der Waals surface area contributed by atoms with Gasteiger partial charge in [-0.25, -0.2) is 4.98 Å². The molecule has 0 saturated carbocycles. The molecule has 1 atom stereocenters. The number of likely N-dealkylation sites (tertiary alicyclic amines) is 1. The summed E-state index contributed by atoms with van der Waals surface area (Å²) in [6.45, 7) is 3.86. The molecule has 5 heteroatoms. The molecular formula is C16H18N4O. The van der Waals surface area contributed by atoms with Gasteiger partial charge in [-0.05, 0) is 45.0 Å². The molecule has 0 spiro atoms. The molecule has 0 radical (unpaired) electrons. The number of benzene rings is 1. The number of rotatable bonds is 3. The highest BCUT2D eigenvalue weighted by Crippen LogP contribution is 2.23. The van der Waals surface area contributed by atoms with Gasteiger partial charge in [-0.15, -0.1) is 0 Å². The summed E-state index contributed by atoms with van der Waals surface area (Å²) < 4.78 is 0. The van der Waals surface area contributed by atoms with Crippen molar-refractivity contribution < 1.29 is 5.11 Å². The average molecular weight is 282 g/mol. The monoisotopic (exact) mass is 282 g/mol. The third-order valence-electron chi connectivity index (χ3n) is 4.08. The van der Waals surface area contributed by atoms with Crippen LogP contribution in [0, 0.1) is 11.3 Å². The highest BCUT2D eigenvalue weighted by atomic mass is 16.3. The lowest BCUT2D eigenvalue weighted by atomic mass is 10.1. The Kier molecular flexibility index (Phi) is 3.63. The molecule has 2 aromatic rings. The molecule has 108 valence electrons. The largest absolute Gasteiger partial charge is 0.509 e. The van der Waals surface area contributed by atoms with Gasteiger partial charge in [0.2, 0.25) is 0 Å². The van der Waals surface area contributed by atoms with Crippen molar-refractivity contribution in [3.8, 4) is 6.07 Å². The van der Waals surface area contributed by atoms with Crippen molar-refractivity contribution in [3.05, 3.63) is 35.8 Å².